The van der Waals surface area contributed by atoms with Gasteiger partial charge in [-0.15, -0.1) is 0 Å². The van der Waals surface area contributed by atoms with Crippen LogP contribution in [0.4, 0.5) is 0 Å². The molecule has 0 saturated heterocycles. The highest BCUT2D eigenvalue weighted by Crippen LogP contribution is 2.43. The van der Waals surface area contributed by atoms with E-state index in [9.17, 15) is 0 Å². The lowest BCUT2D eigenvalue weighted by Gasteiger charge is -2.39. The van der Waals surface area contributed by atoms with Crippen LogP contribution in [0.3, 0.4) is 0 Å². The van der Waals surface area contributed by atoms with Gasteiger partial charge in [0.15, 0.2) is 0 Å². The Morgan fingerprint density at radius 3 is 2.47 bits per heavy atom. The summed E-state index contributed by atoms with van der Waals surface area (Å²) in [6, 6.07) is 0. The first-order valence-electron chi connectivity index (χ1n) is 6.45. The molecule has 2 fully saturated rings. The molecular formula is C13H24O2. The van der Waals surface area contributed by atoms with Gasteiger partial charge in [-0.1, -0.05) is 19.3 Å². The molecule has 2 nitrogen and oxygen atoms in total. The summed E-state index contributed by atoms with van der Waals surface area (Å²) in [6.45, 7) is 1.34. The van der Waals surface area contributed by atoms with Crippen LogP contribution < -0.4 is 0 Å². The van der Waals surface area contributed by atoms with Crippen LogP contribution in [0, 0.1) is 17.8 Å². The molecule has 0 spiro atoms. The van der Waals surface area contributed by atoms with Gasteiger partial charge < -0.3 is 9.47 Å². The maximum absolute atomic E-state index is 5.39. The van der Waals surface area contributed by atoms with Gasteiger partial charge in [-0.05, 0) is 43.4 Å². The minimum absolute atomic E-state index is 0.458. The van der Waals surface area contributed by atoms with E-state index < -0.39 is 0 Å². The summed E-state index contributed by atoms with van der Waals surface area (Å²) >= 11 is 0. The highest BCUT2D eigenvalue weighted by Gasteiger charge is 2.31. The molecule has 2 bridgehead atoms. The SMILES string of the molecule is COCOCCC1CC2CCCC(C2)C1. The first-order valence-corrected chi connectivity index (χ1v) is 6.45. The second kappa shape index (κ2) is 5.86. The molecule has 0 aromatic heterocycles. The van der Waals surface area contributed by atoms with Crippen molar-refractivity contribution in [2.75, 3.05) is 20.5 Å². The summed E-state index contributed by atoms with van der Waals surface area (Å²) in [5, 5.41) is 0. The Morgan fingerprint density at radius 2 is 1.80 bits per heavy atom. The standard InChI is InChI=1S/C13H24O2/c1-14-10-15-6-5-13-8-11-3-2-4-12(7-11)9-13/h11-13H,2-10H2,1H3. The Morgan fingerprint density at radius 1 is 1.07 bits per heavy atom. The fourth-order valence-electron chi connectivity index (χ4n) is 3.50. The Labute approximate surface area is 93.3 Å². The molecular weight excluding hydrogens is 188 g/mol. The van der Waals surface area contributed by atoms with Crippen molar-refractivity contribution in [1.82, 2.24) is 0 Å². The molecule has 2 rings (SSSR count). The number of rotatable bonds is 5. The summed E-state index contributed by atoms with van der Waals surface area (Å²) in [5.41, 5.74) is 0. The topological polar surface area (TPSA) is 18.5 Å². The van der Waals surface area contributed by atoms with E-state index in [1.165, 1.54) is 44.9 Å². The maximum Gasteiger partial charge on any atom is 0.146 e. The maximum atomic E-state index is 5.39. The average Bonchev–Trinajstić information content (AvgIpc) is 2.24. The van der Waals surface area contributed by atoms with E-state index in [-0.39, 0.29) is 0 Å². The number of methoxy groups -OCH3 is 1. The molecule has 0 radical (unpaired) electrons. The van der Waals surface area contributed by atoms with Gasteiger partial charge in [-0.2, -0.15) is 0 Å². The first-order chi connectivity index (χ1) is 7.38. The molecule has 15 heavy (non-hydrogen) atoms. The molecule has 0 heterocycles. The lowest BCUT2D eigenvalue weighted by Crippen LogP contribution is -2.27. The second-order valence-electron chi connectivity index (χ2n) is 5.34. The van der Waals surface area contributed by atoms with Crippen LogP contribution in [0.25, 0.3) is 0 Å². The zero-order valence-electron chi connectivity index (χ0n) is 9.91. The molecule has 0 aromatic rings. The molecule has 0 amide bonds. The van der Waals surface area contributed by atoms with E-state index in [1.54, 1.807) is 7.11 Å². The smallest absolute Gasteiger partial charge is 0.146 e. The monoisotopic (exact) mass is 212 g/mol. The van der Waals surface area contributed by atoms with Gasteiger partial charge >= 0.3 is 0 Å². The largest absolute Gasteiger partial charge is 0.359 e. The first kappa shape index (κ1) is 11.4. The van der Waals surface area contributed by atoms with Crippen molar-refractivity contribution < 1.29 is 9.47 Å². The summed E-state index contributed by atoms with van der Waals surface area (Å²) < 4.78 is 10.3. The van der Waals surface area contributed by atoms with Crippen LogP contribution in [-0.4, -0.2) is 20.5 Å². The van der Waals surface area contributed by atoms with Crippen LogP contribution >= 0.6 is 0 Å². The zero-order chi connectivity index (χ0) is 10.5. The molecule has 2 saturated carbocycles. The minimum Gasteiger partial charge on any atom is -0.359 e. The summed E-state index contributed by atoms with van der Waals surface area (Å²) in [6.07, 6.45) is 10.2. The third-order valence-electron chi connectivity index (χ3n) is 4.10. The van der Waals surface area contributed by atoms with E-state index in [4.69, 9.17) is 9.47 Å². The van der Waals surface area contributed by atoms with E-state index >= 15 is 0 Å². The number of hydrogen-bond donors (Lipinski definition) is 0. The molecule has 2 unspecified atom stereocenters. The van der Waals surface area contributed by atoms with Crippen LogP contribution in [0.1, 0.15) is 44.9 Å². The van der Waals surface area contributed by atoms with Crippen molar-refractivity contribution >= 4 is 0 Å². The summed E-state index contributed by atoms with van der Waals surface area (Å²) in [4.78, 5) is 0. The molecule has 88 valence electrons. The molecule has 0 N–H and O–H groups in total. The normalized spacial score (nSPS) is 35.4. The third-order valence-corrected chi connectivity index (χ3v) is 4.10. The molecule has 0 aromatic carbocycles. The van der Waals surface area contributed by atoms with E-state index in [0.717, 1.165) is 24.4 Å². The highest BCUT2D eigenvalue weighted by atomic mass is 16.7. The Hall–Kier alpha value is -0.0800. The Bertz CT molecular complexity index is 169. The zero-order valence-corrected chi connectivity index (χ0v) is 9.91. The van der Waals surface area contributed by atoms with Gasteiger partial charge in [0.25, 0.3) is 0 Å². The predicted molar refractivity (Wildman–Crippen MR) is 60.6 cm³/mol. The second-order valence-corrected chi connectivity index (χ2v) is 5.34. The quantitative estimate of drug-likeness (QED) is 0.514. The number of fused-ring (bicyclic) bond motifs is 2. The number of hydrogen-bond acceptors (Lipinski definition) is 2. The molecule has 2 aliphatic carbocycles. The van der Waals surface area contributed by atoms with Gasteiger partial charge in [0.2, 0.25) is 0 Å². The fourth-order valence-corrected chi connectivity index (χ4v) is 3.50. The van der Waals surface area contributed by atoms with Crippen molar-refractivity contribution in [3.63, 3.8) is 0 Å². The van der Waals surface area contributed by atoms with E-state index in [2.05, 4.69) is 0 Å². The van der Waals surface area contributed by atoms with Gasteiger partial charge in [-0.3, -0.25) is 0 Å². The van der Waals surface area contributed by atoms with Crippen molar-refractivity contribution in [3.05, 3.63) is 0 Å². The van der Waals surface area contributed by atoms with Gasteiger partial charge in [0.1, 0.15) is 6.79 Å². The lowest BCUT2D eigenvalue weighted by molar-refractivity contribution is -0.0379. The lowest BCUT2D eigenvalue weighted by atomic mass is 9.67. The Balaban J connectivity index is 1.65. The van der Waals surface area contributed by atoms with E-state index in [0.29, 0.717) is 6.79 Å². The van der Waals surface area contributed by atoms with Crippen LogP contribution in [0.2, 0.25) is 0 Å². The van der Waals surface area contributed by atoms with Crippen molar-refractivity contribution in [2.24, 2.45) is 17.8 Å². The number of ether oxygens (including phenoxy) is 2. The van der Waals surface area contributed by atoms with Gasteiger partial charge in [-0.25, -0.2) is 0 Å². The average molecular weight is 212 g/mol. The van der Waals surface area contributed by atoms with Crippen LogP contribution in [0.15, 0.2) is 0 Å². The molecule has 0 aliphatic heterocycles. The third kappa shape index (κ3) is 3.46. The summed E-state index contributed by atoms with van der Waals surface area (Å²) in [7, 11) is 1.69. The minimum atomic E-state index is 0.458. The van der Waals surface area contributed by atoms with Crippen LogP contribution in [-0.2, 0) is 9.47 Å². The van der Waals surface area contributed by atoms with Gasteiger partial charge in [0, 0.05) is 13.7 Å². The van der Waals surface area contributed by atoms with Crippen LogP contribution in [0.5, 0.6) is 0 Å². The summed E-state index contributed by atoms with van der Waals surface area (Å²) in [5.74, 6) is 3.03. The van der Waals surface area contributed by atoms with Crippen molar-refractivity contribution in [2.45, 2.75) is 44.9 Å². The van der Waals surface area contributed by atoms with Gasteiger partial charge in [0.05, 0.1) is 0 Å². The fraction of sp³-hybridized carbons (Fsp3) is 1.00. The molecule has 2 heteroatoms. The molecule has 2 atom stereocenters. The highest BCUT2D eigenvalue weighted by molar-refractivity contribution is 4.82. The Kier molecular flexibility index (Phi) is 4.45. The predicted octanol–water partition coefficient (Wildman–Crippen LogP) is 3.21. The van der Waals surface area contributed by atoms with Crippen molar-refractivity contribution in [1.29, 1.82) is 0 Å². The molecule has 2 aliphatic rings. The van der Waals surface area contributed by atoms with Crippen molar-refractivity contribution in [3.8, 4) is 0 Å². The van der Waals surface area contributed by atoms with E-state index in [1.807, 2.05) is 0 Å².